The average molecular weight is 848 g/mol. The number of esters is 1. The molecule has 1 amide bonds. The van der Waals surface area contributed by atoms with Crippen LogP contribution in [0.3, 0.4) is 0 Å². The fourth-order valence-electron chi connectivity index (χ4n) is 8.49. The topological polar surface area (TPSA) is 95.9 Å². The number of nitrogens with one attached hydrogen (secondary N) is 1. The molecule has 3 atom stereocenters. The molecule has 6 heteroatoms. The van der Waals surface area contributed by atoms with Crippen LogP contribution in [0.25, 0.3) is 0 Å². The van der Waals surface area contributed by atoms with Crippen molar-refractivity contribution in [2.45, 2.75) is 315 Å². The third-order valence-corrected chi connectivity index (χ3v) is 12.6. The van der Waals surface area contributed by atoms with Crippen molar-refractivity contribution in [2.24, 2.45) is 0 Å². The van der Waals surface area contributed by atoms with Gasteiger partial charge in [0.1, 0.15) is 6.10 Å². The summed E-state index contributed by atoms with van der Waals surface area (Å²) in [5.74, 6) is -0.463. The highest BCUT2D eigenvalue weighted by molar-refractivity contribution is 5.77. The first-order valence-electron chi connectivity index (χ1n) is 26.9. The van der Waals surface area contributed by atoms with Crippen molar-refractivity contribution in [2.75, 3.05) is 6.61 Å². The van der Waals surface area contributed by atoms with Crippen molar-refractivity contribution < 1.29 is 24.5 Å². The maximum absolute atomic E-state index is 13.2. The molecule has 0 rings (SSSR count). The molecule has 3 unspecified atom stereocenters. The highest BCUT2D eigenvalue weighted by atomic mass is 16.5. The van der Waals surface area contributed by atoms with Gasteiger partial charge in [-0.15, -0.1) is 0 Å². The van der Waals surface area contributed by atoms with E-state index < -0.39 is 18.2 Å². The van der Waals surface area contributed by atoms with Gasteiger partial charge in [0.05, 0.1) is 25.2 Å². The van der Waals surface area contributed by atoms with Crippen LogP contribution in [-0.2, 0) is 14.3 Å². The first kappa shape index (κ1) is 58.6. The lowest BCUT2D eigenvalue weighted by atomic mass is 10.0. The van der Waals surface area contributed by atoms with Crippen LogP contribution in [0.15, 0.2) is 12.2 Å². The van der Waals surface area contributed by atoms with Gasteiger partial charge in [-0.25, -0.2) is 0 Å². The molecule has 356 valence electrons. The van der Waals surface area contributed by atoms with Gasteiger partial charge in [0.15, 0.2) is 0 Å². The number of aliphatic hydroxyl groups is 2. The fraction of sp³-hybridized carbons (Fsp3) is 0.926. The van der Waals surface area contributed by atoms with Gasteiger partial charge in [-0.1, -0.05) is 245 Å². The highest BCUT2D eigenvalue weighted by Crippen LogP contribution is 2.18. The average Bonchev–Trinajstić information content (AvgIpc) is 3.24. The molecule has 0 spiro atoms. The van der Waals surface area contributed by atoms with Crippen LogP contribution in [0.4, 0.5) is 0 Å². The number of rotatable bonds is 49. The van der Waals surface area contributed by atoms with Crippen LogP contribution < -0.4 is 5.32 Å². The van der Waals surface area contributed by atoms with Crippen LogP contribution >= 0.6 is 0 Å². The Morgan fingerprint density at radius 3 is 1.18 bits per heavy atom. The molecule has 0 fully saturated rings. The number of carbonyl (C=O) groups is 2. The molecule has 0 saturated carbocycles. The Morgan fingerprint density at radius 2 is 0.800 bits per heavy atom. The molecule has 0 heterocycles. The van der Waals surface area contributed by atoms with Crippen LogP contribution in [0.5, 0.6) is 0 Å². The van der Waals surface area contributed by atoms with E-state index in [9.17, 15) is 19.8 Å². The predicted octanol–water partition coefficient (Wildman–Crippen LogP) is 16.1. The van der Waals surface area contributed by atoms with Crippen molar-refractivity contribution in [1.29, 1.82) is 0 Å². The Labute approximate surface area is 374 Å². The minimum Gasteiger partial charge on any atom is -0.462 e. The van der Waals surface area contributed by atoms with E-state index in [4.69, 9.17) is 4.74 Å². The molecule has 0 aromatic rings. The number of aliphatic hydroxyl groups excluding tert-OH is 2. The molecule has 0 aliphatic carbocycles. The van der Waals surface area contributed by atoms with Gasteiger partial charge in [0.25, 0.3) is 0 Å². The molecular formula is C54H105NO5. The molecule has 0 saturated heterocycles. The van der Waals surface area contributed by atoms with E-state index >= 15 is 0 Å². The number of carbonyl (C=O) groups excluding carboxylic acids is 2. The zero-order valence-electron chi connectivity index (χ0n) is 40.6. The number of ether oxygens (including phenoxy) is 1. The summed E-state index contributed by atoms with van der Waals surface area (Å²) in [5.41, 5.74) is 0. The minimum atomic E-state index is -0.783. The summed E-state index contributed by atoms with van der Waals surface area (Å²) in [7, 11) is 0. The fourth-order valence-corrected chi connectivity index (χ4v) is 8.49. The Hall–Kier alpha value is -1.40. The van der Waals surface area contributed by atoms with E-state index in [1.165, 1.54) is 199 Å². The van der Waals surface area contributed by atoms with Crippen molar-refractivity contribution in [1.82, 2.24) is 5.32 Å². The van der Waals surface area contributed by atoms with Crippen molar-refractivity contribution in [3.63, 3.8) is 0 Å². The SMILES string of the molecule is CCCCCCCC/C=C/CCCCCCCCCC(CC(=O)NC(CO)C(O)CCCCCCCCCCCCCCCCC)OC(=O)CCCCCCCCCCC. The van der Waals surface area contributed by atoms with Crippen molar-refractivity contribution >= 4 is 11.9 Å². The summed E-state index contributed by atoms with van der Waals surface area (Å²) in [6.45, 7) is 6.49. The highest BCUT2D eigenvalue weighted by Gasteiger charge is 2.24. The van der Waals surface area contributed by atoms with E-state index in [1.807, 2.05) is 0 Å². The normalized spacial score (nSPS) is 13.2. The monoisotopic (exact) mass is 848 g/mol. The molecule has 0 bridgehead atoms. The largest absolute Gasteiger partial charge is 0.462 e. The van der Waals surface area contributed by atoms with Gasteiger partial charge in [0, 0.05) is 6.42 Å². The zero-order valence-corrected chi connectivity index (χ0v) is 40.6. The van der Waals surface area contributed by atoms with E-state index in [0.29, 0.717) is 19.3 Å². The third-order valence-electron chi connectivity index (χ3n) is 12.6. The third kappa shape index (κ3) is 43.3. The molecule has 3 N–H and O–H groups in total. The van der Waals surface area contributed by atoms with E-state index in [1.54, 1.807) is 0 Å². The summed E-state index contributed by atoms with van der Waals surface area (Å²) in [5, 5.41) is 23.8. The van der Waals surface area contributed by atoms with Gasteiger partial charge < -0.3 is 20.3 Å². The molecule has 0 aromatic carbocycles. The Morgan fingerprint density at radius 1 is 0.467 bits per heavy atom. The van der Waals surface area contributed by atoms with Crippen molar-refractivity contribution in [3.05, 3.63) is 12.2 Å². The van der Waals surface area contributed by atoms with Gasteiger partial charge in [0.2, 0.25) is 5.91 Å². The molecule has 0 aliphatic rings. The van der Waals surface area contributed by atoms with E-state index in [0.717, 1.165) is 51.4 Å². The predicted molar refractivity (Wildman–Crippen MR) is 260 cm³/mol. The Kier molecular flexibility index (Phi) is 47.5. The zero-order chi connectivity index (χ0) is 43.8. The Bertz CT molecular complexity index is 909. The first-order valence-corrected chi connectivity index (χ1v) is 26.9. The summed E-state index contributed by atoms with van der Waals surface area (Å²) in [6.07, 6.45) is 54.2. The number of amides is 1. The molecule has 0 aliphatic heterocycles. The standard InChI is InChI=1S/C54H105NO5/c1-4-7-10-13-16-19-21-23-25-26-28-29-31-34-36-39-42-45-50(60-54(59)47-44-41-38-33-18-15-12-9-6-3)48-53(58)55-51(49-56)52(57)46-43-40-37-35-32-30-27-24-22-20-17-14-11-8-5-2/h23,25,50-52,56-57H,4-22,24,26-49H2,1-3H3,(H,55,58)/b25-23+. The molecule has 0 radical (unpaired) electrons. The number of allylic oxidation sites excluding steroid dienone is 2. The molecular weight excluding hydrogens is 743 g/mol. The van der Waals surface area contributed by atoms with Crippen LogP contribution in [-0.4, -0.2) is 46.9 Å². The number of hydrogen-bond acceptors (Lipinski definition) is 5. The van der Waals surface area contributed by atoms with Gasteiger partial charge in [-0.3, -0.25) is 9.59 Å². The van der Waals surface area contributed by atoms with Gasteiger partial charge >= 0.3 is 5.97 Å². The summed E-state index contributed by atoms with van der Waals surface area (Å²) in [6, 6.07) is -0.696. The van der Waals surface area contributed by atoms with Crippen LogP contribution in [0.2, 0.25) is 0 Å². The van der Waals surface area contributed by atoms with Crippen LogP contribution in [0.1, 0.15) is 297 Å². The van der Waals surface area contributed by atoms with E-state index in [2.05, 4.69) is 38.2 Å². The van der Waals surface area contributed by atoms with Crippen molar-refractivity contribution in [3.8, 4) is 0 Å². The second kappa shape index (κ2) is 48.6. The quantitative estimate of drug-likeness (QED) is 0.0322. The lowest BCUT2D eigenvalue weighted by Gasteiger charge is -2.24. The number of unbranched alkanes of at least 4 members (excludes halogenated alkanes) is 35. The lowest BCUT2D eigenvalue weighted by molar-refractivity contribution is -0.151. The second-order valence-electron chi connectivity index (χ2n) is 18.6. The first-order chi connectivity index (χ1) is 29.5. The summed E-state index contributed by atoms with van der Waals surface area (Å²) in [4.78, 5) is 26.1. The summed E-state index contributed by atoms with van der Waals surface area (Å²) < 4.78 is 5.93. The number of hydrogen-bond donors (Lipinski definition) is 3. The van der Waals surface area contributed by atoms with Crippen LogP contribution in [0, 0.1) is 0 Å². The van der Waals surface area contributed by atoms with Gasteiger partial charge in [-0.05, 0) is 51.4 Å². The second-order valence-corrected chi connectivity index (χ2v) is 18.6. The maximum Gasteiger partial charge on any atom is 0.306 e. The van der Waals surface area contributed by atoms with Gasteiger partial charge in [-0.2, -0.15) is 0 Å². The molecule has 6 nitrogen and oxygen atoms in total. The Balaban J connectivity index is 4.47. The lowest BCUT2D eigenvalue weighted by Crippen LogP contribution is -2.46. The maximum atomic E-state index is 13.2. The minimum absolute atomic E-state index is 0.0814. The molecule has 0 aromatic heterocycles. The van der Waals surface area contributed by atoms with E-state index in [-0.39, 0.29) is 24.9 Å². The smallest absolute Gasteiger partial charge is 0.306 e. The molecule has 60 heavy (non-hydrogen) atoms. The summed E-state index contributed by atoms with van der Waals surface area (Å²) >= 11 is 0.